The first-order valence-corrected chi connectivity index (χ1v) is 8.84. The second-order valence-electron chi connectivity index (χ2n) is 6.22. The standard InChI is InChI=1S/C23H21NO4/c1-16-12-13-18(23(26)27-2)14-20(16)24-22(25)15-28-21-11-7-6-10-19(21)17-8-4-3-5-9-17/h3-14H,15H2,1-2H3,(H,24,25). The molecule has 3 rings (SSSR count). The summed E-state index contributed by atoms with van der Waals surface area (Å²) in [6.07, 6.45) is 0. The third kappa shape index (κ3) is 4.57. The van der Waals surface area contributed by atoms with Crippen molar-refractivity contribution in [1.29, 1.82) is 0 Å². The molecule has 5 heteroatoms. The lowest BCUT2D eigenvalue weighted by molar-refractivity contribution is -0.118. The smallest absolute Gasteiger partial charge is 0.337 e. The molecule has 28 heavy (non-hydrogen) atoms. The lowest BCUT2D eigenvalue weighted by Crippen LogP contribution is -2.21. The molecule has 0 fully saturated rings. The van der Waals surface area contributed by atoms with Crippen LogP contribution in [0.5, 0.6) is 5.75 Å². The van der Waals surface area contributed by atoms with Crippen molar-refractivity contribution in [2.24, 2.45) is 0 Å². The molecule has 0 saturated carbocycles. The average Bonchev–Trinajstić information content (AvgIpc) is 2.74. The van der Waals surface area contributed by atoms with E-state index in [-0.39, 0.29) is 12.5 Å². The molecule has 0 aromatic heterocycles. The summed E-state index contributed by atoms with van der Waals surface area (Å²) >= 11 is 0. The van der Waals surface area contributed by atoms with Gasteiger partial charge in [0.05, 0.1) is 12.7 Å². The first-order chi connectivity index (χ1) is 13.6. The van der Waals surface area contributed by atoms with Gasteiger partial charge in [-0.15, -0.1) is 0 Å². The van der Waals surface area contributed by atoms with Crippen LogP contribution in [-0.2, 0) is 9.53 Å². The molecule has 0 heterocycles. The predicted molar refractivity (Wildman–Crippen MR) is 109 cm³/mol. The second kappa shape index (κ2) is 8.86. The molecular weight excluding hydrogens is 354 g/mol. The normalized spacial score (nSPS) is 10.2. The van der Waals surface area contributed by atoms with Crippen molar-refractivity contribution in [3.63, 3.8) is 0 Å². The topological polar surface area (TPSA) is 64.6 Å². The second-order valence-corrected chi connectivity index (χ2v) is 6.22. The van der Waals surface area contributed by atoms with Crippen LogP contribution in [0, 0.1) is 6.92 Å². The summed E-state index contributed by atoms with van der Waals surface area (Å²) in [4.78, 5) is 24.1. The Morgan fingerprint density at radius 3 is 2.39 bits per heavy atom. The van der Waals surface area contributed by atoms with Crippen LogP contribution in [0.15, 0.2) is 72.8 Å². The highest BCUT2D eigenvalue weighted by molar-refractivity contribution is 5.96. The number of rotatable bonds is 6. The molecule has 3 aromatic carbocycles. The van der Waals surface area contributed by atoms with Crippen molar-refractivity contribution < 1.29 is 19.1 Å². The summed E-state index contributed by atoms with van der Waals surface area (Å²) in [6.45, 7) is 1.70. The molecule has 0 unspecified atom stereocenters. The van der Waals surface area contributed by atoms with Crippen LogP contribution in [0.4, 0.5) is 5.69 Å². The number of carbonyl (C=O) groups is 2. The first kappa shape index (κ1) is 19.2. The largest absolute Gasteiger partial charge is 0.483 e. The van der Waals surface area contributed by atoms with E-state index in [0.29, 0.717) is 17.0 Å². The molecular formula is C23H21NO4. The van der Waals surface area contributed by atoms with Gasteiger partial charge in [0, 0.05) is 11.3 Å². The van der Waals surface area contributed by atoms with Gasteiger partial charge in [-0.1, -0.05) is 54.6 Å². The Morgan fingerprint density at radius 1 is 0.929 bits per heavy atom. The molecule has 0 atom stereocenters. The lowest BCUT2D eigenvalue weighted by Gasteiger charge is -2.13. The van der Waals surface area contributed by atoms with Crippen molar-refractivity contribution in [1.82, 2.24) is 0 Å². The molecule has 0 aliphatic carbocycles. The third-order valence-electron chi connectivity index (χ3n) is 4.26. The number of anilines is 1. The number of amides is 1. The van der Waals surface area contributed by atoms with Gasteiger partial charge in [-0.2, -0.15) is 0 Å². The van der Waals surface area contributed by atoms with Crippen LogP contribution in [0.3, 0.4) is 0 Å². The van der Waals surface area contributed by atoms with Crippen molar-refractivity contribution >= 4 is 17.6 Å². The molecule has 142 valence electrons. The summed E-state index contributed by atoms with van der Waals surface area (Å²) in [6, 6.07) is 22.4. The number of hydrogen-bond donors (Lipinski definition) is 1. The van der Waals surface area contributed by atoms with Gasteiger partial charge in [-0.05, 0) is 36.2 Å². The van der Waals surface area contributed by atoms with E-state index in [2.05, 4.69) is 5.32 Å². The van der Waals surface area contributed by atoms with Crippen molar-refractivity contribution in [3.05, 3.63) is 83.9 Å². The maximum Gasteiger partial charge on any atom is 0.337 e. The number of benzene rings is 3. The minimum absolute atomic E-state index is 0.147. The fraction of sp³-hybridized carbons (Fsp3) is 0.130. The highest BCUT2D eigenvalue weighted by Crippen LogP contribution is 2.29. The van der Waals surface area contributed by atoms with E-state index in [9.17, 15) is 9.59 Å². The van der Waals surface area contributed by atoms with E-state index >= 15 is 0 Å². The molecule has 0 saturated heterocycles. The summed E-state index contributed by atoms with van der Waals surface area (Å²) < 4.78 is 10.5. The fourth-order valence-corrected chi connectivity index (χ4v) is 2.78. The fourth-order valence-electron chi connectivity index (χ4n) is 2.78. The zero-order valence-electron chi connectivity index (χ0n) is 15.8. The van der Waals surface area contributed by atoms with Gasteiger partial charge in [-0.3, -0.25) is 4.79 Å². The summed E-state index contributed by atoms with van der Waals surface area (Å²) in [7, 11) is 1.32. The number of nitrogens with one attached hydrogen (secondary N) is 1. The number of methoxy groups -OCH3 is 1. The number of carbonyl (C=O) groups excluding carboxylic acids is 2. The summed E-state index contributed by atoms with van der Waals surface area (Å²) in [5, 5.41) is 2.79. The monoisotopic (exact) mass is 375 g/mol. The third-order valence-corrected chi connectivity index (χ3v) is 4.26. The Morgan fingerprint density at radius 2 is 1.64 bits per heavy atom. The van der Waals surface area contributed by atoms with Crippen LogP contribution in [0.2, 0.25) is 0 Å². The Bertz CT molecular complexity index is 983. The lowest BCUT2D eigenvalue weighted by atomic mass is 10.1. The zero-order chi connectivity index (χ0) is 19.9. The predicted octanol–water partition coefficient (Wildman–Crippen LogP) is 4.47. The Balaban J connectivity index is 1.70. The Labute approximate surface area is 163 Å². The molecule has 0 aliphatic heterocycles. The van der Waals surface area contributed by atoms with Crippen LogP contribution < -0.4 is 10.1 Å². The van der Waals surface area contributed by atoms with Crippen LogP contribution >= 0.6 is 0 Å². The molecule has 0 bridgehead atoms. The number of esters is 1. The molecule has 1 amide bonds. The van der Waals surface area contributed by atoms with Gasteiger partial charge in [-0.25, -0.2) is 4.79 Å². The van der Waals surface area contributed by atoms with Gasteiger partial charge in [0.15, 0.2) is 6.61 Å². The number of hydrogen-bond acceptors (Lipinski definition) is 4. The number of ether oxygens (including phenoxy) is 2. The zero-order valence-corrected chi connectivity index (χ0v) is 15.8. The minimum Gasteiger partial charge on any atom is -0.483 e. The highest BCUT2D eigenvalue weighted by Gasteiger charge is 2.12. The van der Waals surface area contributed by atoms with Gasteiger partial charge in [0.2, 0.25) is 0 Å². The van der Waals surface area contributed by atoms with E-state index in [4.69, 9.17) is 9.47 Å². The van der Waals surface area contributed by atoms with Crippen molar-refractivity contribution in [3.8, 4) is 16.9 Å². The van der Waals surface area contributed by atoms with E-state index in [1.807, 2.05) is 61.5 Å². The van der Waals surface area contributed by atoms with Crippen LogP contribution in [-0.4, -0.2) is 25.6 Å². The van der Waals surface area contributed by atoms with E-state index in [1.165, 1.54) is 7.11 Å². The minimum atomic E-state index is -0.455. The first-order valence-electron chi connectivity index (χ1n) is 8.84. The molecule has 1 N–H and O–H groups in total. The van der Waals surface area contributed by atoms with E-state index in [0.717, 1.165) is 16.7 Å². The summed E-state index contributed by atoms with van der Waals surface area (Å²) in [5.41, 5.74) is 3.69. The quantitative estimate of drug-likeness (QED) is 0.646. The van der Waals surface area contributed by atoms with E-state index in [1.54, 1.807) is 18.2 Å². The highest BCUT2D eigenvalue weighted by atomic mass is 16.5. The molecule has 0 radical (unpaired) electrons. The van der Waals surface area contributed by atoms with Crippen LogP contribution in [0.25, 0.3) is 11.1 Å². The Hall–Kier alpha value is -3.60. The average molecular weight is 375 g/mol. The SMILES string of the molecule is COC(=O)c1ccc(C)c(NC(=O)COc2ccccc2-c2ccccc2)c1. The van der Waals surface area contributed by atoms with Crippen molar-refractivity contribution in [2.45, 2.75) is 6.92 Å². The van der Waals surface area contributed by atoms with Gasteiger partial charge >= 0.3 is 5.97 Å². The van der Waals surface area contributed by atoms with Gasteiger partial charge in [0.1, 0.15) is 5.75 Å². The molecule has 3 aromatic rings. The maximum atomic E-state index is 12.4. The van der Waals surface area contributed by atoms with Gasteiger partial charge in [0.25, 0.3) is 5.91 Å². The van der Waals surface area contributed by atoms with E-state index < -0.39 is 5.97 Å². The number of aryl methyl sites for hydroxylation is 1. The van der Waals surface area contributed by atoms with Crippen molar-refractivity contribution in [2.75, 3.05) is 19.0 Å². The number of para-hydroxylation sites is 1. The Kier molecular flexibility index (Phi) is 6.07. The maximum absolute atomic E-state index is 12.4. The van der Waals surface area contributed by atoms with Crippen LogP contribution in [0.1, 0.15) is 15.9 Å². The summed E-state index contributed by atoms with van der Waals surface area (Å²) in [5.74, 6) is -0.139. The van der Waals surface area contributed by atoms with Gasteiger partial charge < -0.3 is 14.8 Å². The molecule has 0 spiro atoms. The molecule has 0 aliphatic rings. The molecule has 5 nitrogen and oxygen atoms in total.